The first-order chi connectivity index (χ1) is 7.24. The quantitative estimate of drug-likeness (QED) is 0.778. The summed E-state index contributed by atoms with van der Waals surface area (Å²) in [6.45, 7) is 1.99. The first kappa shape index (κ1) is 9.79. The van der Waals surface area contributed by atoms with E-state index in [9.17, 15) is 0 Å². The summed E-state index contributed by atoms with van der Waals surface area (Å²) in [5.41, 5.74) is 1.15. The monoisotopic (exact) mass is 222 g/mol. The second-order valence-electron chi connectivity index (χ2n) is 2.87. The van der Waals surface area contributed by atoms with Crippen LogP contribution in [0.15, 0.2) is 24.3 Å². The fraction of sp³-hybridized carbons (Fsp3) is 0.111. The molecule has 5 nitrogen and oxygen atoms in total. The highest BCUT2D eigenvalue weighted by Gasteiger charge is 2.01. The highest BCUT2D eigenvalue weighted by Crippen LogP contribution is 2.16. The molecule has 1 aromatic heterocycles. The van der Waals surface area contributed by atoms with Crippen molar-refractivity contribution >= 4 is 11.6 Å². The molecule has 1 heterocycles. The third kappa shape index (κ3) is 2.60. The molecule has 0 aliphatic heterocycles. The Hall–Kier alpha value is -1.75. The Bertz CT molecular complexity index is 399. The summed E-state index contributed by atoms with van der Waals surface area (Å²) in [6, 6.07) is 7.54. The minimum atomic E-state index is -0.00810. The van der Waals surface area contributed by atoms with Crippen LogP contribution in [0.5, 0.6) is 11.8 Å². The smallest absolute Gasteiger partial charge is 0.360 e. The molecule has 0 saturated carbocycles. The zero-order valence-corrected chi connectivity index (χ0v) is 8.64. The third-order valence-electron chi connectivity index (χ3n) is 1.67. The van der Waals surface area contributed by atoms with Gasteiger partial charge < -0.3 is 4.74 Å². The molecule has 0 spiro atoms. The molecule has 0 aliphatic rings. The van der Waals surface area contributed by atoms with Crippen LogP contribution in [0.2, 0.25) is 5.28 Å². The van der Waals surface area contributed by atoms with Crippen molar-refractivity contribution in [1.82, 2.24) is 20.4 Å². The molecule has 0 unspecified atom stereocenters. The van der Waals surface area contributed by atoms with Gasteiger partial charge in [-0.1, -0.05) is 27.9 Å². The molecule has 0 N–H and O–H groups in total. The molecule has 6 heteroatoms. The molecule has 1 aromatic carbocycles. The van der Waals surface area contributed by atoms with Crippen LogP contribution in [-0.2, 0) is 0 Å². The van der Waals surface area contributed by atoms with Crippen molar-refractivity contribution in [1.29, 1.82) is 0 Å². The van der Waals surface area contributed by atoms with E-state index < -0.39 is 0 Å². The maximum atomic E-state index is 5.43. The van der Waals surface area contributed by atoms with Crippen molar-refractivity contribution in [3.8, 4) is 11.8 Å². The lowest BCUT2D eigenvalue weighted by Crippen LogP contribution is -1.96. The van der Waals surface area contributed by atoms with E-state index >= 15 is 0 Å². The Kier molecular flexibility index (Phi) is 2.73. The van der Waals surface area contributed by atoms with Crippen LogP contribution in [-0.4, -0.2) is 20.4 Å². The number of rotatable bonds is 2. The van der Waals surface area contributed by atoms with Gasteiger partial charge >= 0.3 is 6.01 Å². The maximum absolute atomic E-state index is 5.43. The van der Waals surface area contributed by atoms with Gasteiger partial charge in [-0.05, 0) is 30.7 Å². The number of hydrogen-bond acceptors (Lipinski definition) is 5. The fourth-order valence-corrected chi connectivity index (χ4v) is 1.04. The summed E-state index contributed by atoms with van der Waals surface area (Å²) in [7, 11) is 0. The summed E-state index contributed by atoms with van der Waals surface area (Å²) in [6.07, 6.45) is 0. The van der Waals surface area contributed by atoms with Crippen molar-refractivity contribution < 1.29 is 4.74 Å². The van der Waals surface area contributed by atoms with E-state index in [0.717, 1.165) is 5.56 Å². The van der Waals surface area contributed by atoms with Gasteiger partial charge in [-0.2, -0.15) is 0 Å². The lowest BCUT2D eigenvalue weighted by Gasteiger charge is -2.01. The molecule has 0 aliphatic carbocycles. The van der Waals surface area contributed by atoms with Gasteiger partial charge in [0.1, 0.15) is 5.75 Å². The number of nitrogens with zero attached hydrogens (tertiary/aromatic N) is 4. The first-order valence-electron chi connectivity index (χ1n) is 4.21. The van der Waals surface area contributed by atoms with Crippen LogP contribution in [0.1, 0.15) is 5.56 Å². The molecule has 0 atom stereocenters. The van der Waals surface area contributed by atoms with E-state index in [1.165, 1.54) is 0 Å². The van der Waals surface area contributed by atoms with Gasteiger partial charge in [0.2, 0.25) is 0 Å². The van der Waals surface area contributed by atoms with E-state index in [2.05, 4.69) is 20.4 Å². The van der Waals surface area contributed by atoms with Crippen molar-refractivity contribution in [3.05, 3.63) is 35.1 Å². The van der Waals surface area contributed by atoms with Gasteiger partial charge in [0.15, 0.2) is 0 Å². The number of aryl methyl sites for hydroxylation is 1. The summed E-state index contributed by atoms with van der Waals surface area (Å²) in [5, 5.41) is 14.2. The molecule has 0 saturated heterocycles. The predicted octanol–water partition coefficient (Wildman–Crippen LogP) is 2.02. The van der Waals surface area contributed by atoms with Gasteiger partial charge in [0.25, 0.3) is 5.28 Å². The summed E-state index contributed by atoms with van der Waals surface area (Å²) >= 11 is 5.43. The van der Waals surface area contributed by atoms with E-state index in [1.54, 1.807) is 0 Å². The number of aromatic nitrogens is 4. The van der Waals surface area contributed by atoms with Crippen molar-refractivity contribution in [3.63, 3.8) is 0 Å². The van der Waals surface area contributed by atoms with E-state index in [-0.39, 0.29) is 11.3 Å². The minimum absolute atomic E-state index is 0.00810. The molecule has 0 fully saturated rings. The largest absolute Gasteiger partial charge is 0.422 e. The Morgan fingerprint density at radius 1 is 1.00 bits per heavy atom. The molecule has 2 aromatic rings. The Labute approximate surface area is 91.1 Å². The molecule has 0 amide bonds. The average molecular weight is 223 g/mol. The zero-order valence-electron chi connectivity index (χ0n) is 7.88. The van der Waals surface area contributed by atoms with E-state index in [1.807, 2.05) is 31.2 Å². The standard InChI is InChI=1S/C9H7ClN4O/c1-6-2-4-7(5-3-6)15-9-13-11-8(10)12-14-9/h2-5H,1H3. The van der Waals surface area contributed by atoms with Gasteiger partial charge in [-0.15, -0.1) is 10.2 Å². The summed E-state index contributed by atoms with van der Waals surface area (Å²) in [5.74, 6) is 0.631. The summed E-state index contributed by atoms with van der Waals surface area (Å²) in [4.78, 5) is 0. The van der Waals surface area contributed by atoms with Crippen LogP contribution in [0.4, 0.5) is 0 Å². The average Bonchev–Trinajstić information content (AvgIpc) is 2.25. The predicted molar refractivity (Wildman–Crippen MR) is 53.9 cm³/mol. The minimum Gasteiger partial charge on any atom is -0.422 e. The van der Waals surface area contributed by atoms with Gasteiger partial charge in [-0.25, -0.2) is 0 Å². The fourth-order valence-electron chi connectivity index (χ4n) is 0.961. The lowest BCUT2D eigenvalue weighted by molar-refractivity contribution is 0.423. The number of hydrogen-bond donors (Lipinski definition) is 0. The lowest BCUT2D eigenvalue weighted by atomic mass is 10.2. The maximum Gasteiger partial charge on any atom is 0.360 e. The molecular formula is C9H7ClN4O. The van der Waals surface area contributed by atoms with Crippen molar-refractivity contribution in [2.45, 2.75) is 6.92 Å². The Morgan fingerprint density at radius 3 is 2.20 bits per heavy atom. The number of halogens is 1. The first-order valence-corrected chi connectivity index (χ1v) is 4.59. The Morgan fingerprint density at radius 2 is 1.60 bits per heavy atom. The second kappa shape index (κ2) is 4.18. The second-order valence-corrected chi connectivity index (χ2v) is 3.20. The van der Waals surface area contributed by atoms with Gasteiger partial charge in [-0.3, -0.25) is 0 Å². The van der Waals surface area contributed by atoms with Gasteiger partial charge in [0.05, 0.1) is 0 Å². The van der Waals surface area contributed by atoms with Crippen LogP contribution >= 0.6 is 11.6 Å². The van der Waals surface area contributed by atoms with Crippen molar-refractivity contribution in [2.75, 3.05) is 0 Å². The number of ether oxygens (including phenoxy) is 1. The van der Waals surface area contributed by atoms with Crippen LogP contribution in [0.25, 0.3) is 0 Å². The third-order valence-corrected chi connectivity index (χ3v) is 1.82. The van der Waals surface area contributed by atoms with E-state index in [0.29, 0.717) is 5.75 Å². The SMILES string of the molecule is Cc1ccc(Oc2nnc(Cl)nn2)cc1. The summed E-state index contributed by atoms with van der Waals surface area (Å²) < 4.78 is 5.28. The molecule has 2 rings (SSSR count). The normalized spacial score (nSPS) is 10.0. The Balaban J connectivity index is 2.15. The highest BCUT2D eigenvalue weighted by molar-refractivity contribution is 6.28. The van der Waals surface area contributed by atoms with Gasteiger partial charge in [0, 0.05) is 0 Å². The number of benzene rings is 1. The molecular weight excluding hydrogens is 216 g/mol. The highest BCUT2D eigenvalue weighted by atomic mass is 35.5. The molecule has 76 valence electrons. The van der Waals surface area contributed by atoms with E-state index in [4.69, 9.17) is 16.3 Å². The zero-order chi connectivity index (χ0) is 10.7. The topological polar surface area (TPSA) is 60.8 Å². The molecule has 0 radical (unpaired) electrons. The van der Waals surface area contributed by atoms with Crippen LogP contribution < -0.4 is 4.74 Å². The molecule has 0 bridgehead atoms. The van der Waals surface area contributed by atoms with Crippen LogP contribution in [0.3, 0.4) is 0 Å². The molecule has 15 heavy (non-hydrogen) atoms. The van der Waals surface area contributed by atoms with Crippen molar-refractivity contribution in [2.24, 2.45) is 0 Å². The van der Waals surface area contributed by atoms with Crippen LogP contribution in [0, 0.1) is 6.92 Å².